The van der Waals surface area contributed by atoms with Crippen LogP contribution in [0.5, 0.6) is 0 Å². The molecule has 162 valence electrons. The molecular formula is C26H24FN3OS. The van der Waals surface area contributed by atoms with Crippen LogP contribution in [0.4, 0.5) is 10.1 Å². The van der Waals surface area contributed by atoms with Crippen LogP contribution in [-0.4, -0.2) is 21.6 Å². The van der Waals surface area contributed by atoms with Crippen LogP contribution in [0.15, 0.2) is 78.0 Å². The van der Waals surface area contributed by atoms with Crippen LogP contribution in [-0.2, 0) is 4.79 Å². The number of hydrogen-bond donors (Lipinski definition) is 2. The van der Waals surface area contributed by atoms with E-state index in [0.29, 0.717) is 5.75 Å². The maximum atomic E-state index is 13.7. The van der Waals surface area contributed by atoms with Gasteiger partial charge in [0.15, 0.2) is 5.16 Å². The summed E-state index contributed by atoms with van der Waals surface area (Å²) in [5.41, 5.74) is 6.51. The fourth-order valence-corrected chi connectivity index (χ4v) is 4.10. The summed E-state index contributed by atoms with van der Waals surface area (Å²) in [4.78, 5) is 20.5. The number of amides is 1. The van der Waals surface area contributed by atoms with Crippen LogP contribution in [0, 0.1) is 19.7 Å². The Kier molecular flexibility index (Phi) is 6.71. The van der Waals surface area contributed by atoms with Gasteiger partial charge in [0.25, 0.3) is 0 Å². The normalized spacial score (nSPS) is 10.8. The number of thioether (sulfide) groups is 1. The maximum Gasteiger partial charge on any atom is 0.225 e. The van der Waals surface area contributed by atoms with E-state index in [9.17, 15) is 9.18 Å². The molecule has 1 amide bonds. The van der Waals surface area contributed by atoms with Crippen LogP contribution in [0.1, 0.15) is 17.5 Å². The Balaban J connectivity index is 1.49. The predicted octanol–water partition coefficient (Wildman–Crippen LogP) is 6.62. The molecular weight excluding hydrogens is 421 g/mol. The summed E-state index contributed by atoms with van der Waals surface area (Å²) in [5, 5.41) is 3.36. The highest BCUT2D eigenvalue weighted by Crippen LogP contribution is 2.33. The minimum atomic E-state index is -0.440. The van der Waals surface area contributed by atoms with E-state index in [4.69, 9.17) is 4.98 Å². The number of aryl methyl sites for hydroxylation is 2. The van der Waals surface area contributed by atoms with Crippen molar-refractivity contribution >= 4 is 23.4 Å². The summed E-state index contributed by atoms with van der Waals surface area (Å²) in [6, 6.07) is 22.8. The average Bonchev–Trinajstić information content (AvgIpc) is 3.20. The summed E-state index contributed by atoms with van der Waals surface area (Å²) < 4.78 is 13.7. The third kappa shape index (κ3) is 5.26. The Labute approximate surface area is 191 Å². The standard InChI is InChI=1S/C26H24FN3OS/c1-17-7-11-19(12-8-17)24-25(20-13-9-18(2)10-14-20)30-26(29-24)32-16-15-23(31)28-22-6-4-3-5-21(22)27/h3-14H,15-16H2,1-2H3,(H,28,31)(H,29,30). The lowest BCUT2D eigenvalue weighted by molar-refractivity contribution is -0.115. The number of rotatable bonds is 7. The fourth-order valence-electron chi connectivity index (χ4n) is 3.29. The van der Waals surface area contributed by atoms with E-state index in [0.717, 1.165) is 27.7 Å². The number of anilines is 1. The quantitative estimate of drug-likeness (QED) is 0.314. The van der Waals surface area contributed by atoms with Crippen LogP contribution in [0.25, 0.3) is 22.5 Å². The molecule has 1 heterocycles. The summed E-state index contributed by atoms with van der Waals surface area (Å²) in [5.74, 6) is -0.147. The highest BCUT2D eigenvalue weighted by atomic mass is 32.2. The van der Waals surface area contributed by atoms with Gasteiger partial charge in [0.1, 0.15) is 5.82 Å². The molecule has 0 unspecified atom stereocenters. The third-order valence-corrected chi connectivity index (χ3v) is 5.94. The number of aromatic nitrogens is 2. The topological polar surface area (TPSA) is 57.8 Å². The molecule has 0 spiro atoms. The molecule has 0 bridgehead atoms. The van der Waals surface area contributed by atoms with E-state index in [-0.39, 0.29) is 18.0 Å². The zero-order valence-electron chi connectivity index (χ0n) is 18.0. The van der Waals surface area contributed by atoms with Gasteiger partial charge in [-0.3, -0.25) is 4.79 Å². The van der Waals surface area contributed by atoms with Crippen molar-refractivity contribution in [2.75, 3.05) is 11.1 Å². The number of nitrogens with zero attached hydrogens (tertiary/aromatic N) is 1. The first kappa shape index (κ1) is 21.8. The SMILES string of the molecule is Cc1ccc(-c2nc(SCCC(=O)Nc3ccccc3F)[nH]c2-c2ccc(C)cc2)cc1. The summed E-state index contributed by atoms with van der Waals surface area (Å²) in [6.07, 6.45) is 0.249. The van der Waals surface area contributed by atoms with E-state index in [1.54, 1.807) is 18.2 Å². The molecule has 4 nitrogen and oxygen atoms in total. The molecule has 6 heteroatoms. The van der Waals surface area contributed by atoms with Crippen LogP contribution >= 0.6 is 11.8 Å². The summed E-state index contributed by atoms with van der Waals surface area (Å²) >= 11 is 1.47. The van der Waals surface area contributed by atoms with Crippen molar-refractivity contribution < 1.29 is 9.18 Å². The number of carbonyl (C=O) groups excluding carboxylic acids is 1. The highest BCUT2D eigenvalue weighted by molar-refractivity contribution is 7.99. The average molecular weight is 446 g/mol. The zero-order valence-corrected chi connectivity index (χ0v) is 18.8. The Morgan fingerprint density at radius 2 is 1.56 bits per heavy atom. The van der Waals surface area contributed by atoms with Crippen molar-refractivity contribution in [3.63, 3.8) is 0 Å². The van der Waals surface area contributed by atoms with Gasteiger partial charge in [-0.1, -0.05) is 83.6 Å². The molecule has 3 aromatic carbocycles. The first-order chi connectivity index (χ1) is 15.5. The van der Waals surface area contributed by atoms with Gasteiger partial charge in [-0.2, -0.15) is 0 Å². The van der Waals surface area contributed by atoms with Crippen molar-refractivity contribution in [1.29, 1.82) is 0 Å². The van der Waals surface area contributed by atoms with Crippen LogP contribution in [0.2, 0.25) is 0 Å². The monoisotopic (exact) mass is 445 g/mol. The Morgan fingerprint density at radius 1 is 0.938 bits per heavy atom. The molecule has 0 aliphatic rings. The smallest absolute Gasteiger partial charge is 0.225 e. The summed E-state index contributed by atoms with van der Waals surface area (Å²) in [7, 11) is 0. The molecule has 0 saturated heterocycles. The number of hydrogen-bond acceptors (Lipinski definition) is 3. The van der Waals surface area contributed by atoms with Gasteiger partial charge in [-0.25, -0.2) is 9.37 Å². The van der Waals surface area contributed by atoms with E-state index in [1.807, 2.05) is 0 Å². The molecule has 0 aliphatic heterocycles. The van der Waals surface area contributed by atoms with E-state index in [2.05, 4.69) is 72.7 Å². The fraction of sp³-hybridized carbons (Fsp3) is 0.154. The number of carbonyl (C=O) groups is 1. The first-order valence-corrected chi connectivity index (χ1v) is 11.4. The van der Waals surface area contributed by atoms with E-state index < -0.39 is 5.82 Å². The zero-order chi connectivity index (χ0) is 22.5. The lowest BCUT2D eigenvalue weighted by Crippen LogP contribution is -2.13. The van der Waals surface area contributed by atoms with Gasteiger partial charge in [-0.05, 0) is 26.0 Å². The molecule has 0 fully saturated rings. The second-order valence-corrected chi connectivity index (χ2v) is 8.71. The highest BCUT2D eigenvalue weighted by Gasteiger charge is 2.15. The molecule has 0 aliphatic carbocycles. The van der Waals surface area contributed by atoms with Crippen molar-refractivity contribution in [1.82, 2.24) is 9.97 Å². The predicted molar refractivity (Wildman–Crippen MR) is 129 cm³/mol. The number of benzene rings is 3. The molecule has 2 N–H and O–H groups in total. The molecule has 0 radical (unpaired) electrons. The summed E-state index contributed by atoms with van der Waals surface area (Å²) in [6.45, 7) is 4.12. The number of imidazole rings is 1. The molecule has 32 heavy (non-hydrogen) atoms. The third-order valence-electron chi connectivity index (χ3n) is 5.06. The Bertz CT molecular complexity index is 1150. The van der Waals surface area contributed by atoms with Crippen molar-refractivity contribution in [3.8, 4) is 22.5 Å². The second kappa shape index (κ2) is 9.83. The van der Waals surface area contributed by atoms with Gasteiger partial charge in [-0.15, -0.1) is 0 Å². The number of aromatic amines is 1. The molecule has 0 atom stereocenters. The van der Waals surface area contributed by atoms with Gasteiger partial charge in [0.2, 0.25) is 5.91 Å². The molecule has 0 saturated carbocycles. The minimum Gasteiger partial charge on any atom is -0.332 e. The van der Waals surface area contributed by atoms with Gasteiger partial charge in [0.05, 0.1) is 17.1 Å². The lowest BCUT2D eigenvalue weighted by Gasteiger charge is -2.05. The van der Waals surface area contributed by atoms with Crippen LogP contribution < -0.4 is 5.32 Å². The number of halogens is 1. The first-order valence-electron chi connectivity index (χ1n) is 10.4. The van der Waals surface area contributed by atoms with Gasteiger partial charge >= 0.3 is 0 Å². The number of para-hydroxylation sites is 1. The van der Waals surface area contributed by atoms with E-state index in [1.165, 1.54) is 29.0 Å². The van der Waals surface area contributed by atoms with Gasteiger partial charge in [0, 0.05) is 23.3 Å². The van der Waals surface area contributed by atoms with Crippen molar-refractivity contribution in [3.05, 3.63) is 89.7 Å². The number of H-pyrrole nitrogens is 1. The molecule has 4 rings (SSSR count). The maximum absolute atomic E-state index is 13.7. The Hall–Kier alpha value is -3.38. The van der Waals surface area contributed by atoms with E-state index >= 15 is 0 Å². The second-order valence-electron chi connectivity index (χ2n) is 7.62. The number of nitrogens with one attached hydrogen (secondary N) is 2. The van der Waals surface area contributed by atoms with Gasteiger partial charge < -0.3 is 10.3 Å². The minimum absolute atomic E-state index is 0.198. The molecule has 1 aromatic heterocycles. The lowest BCUT2D eigenvalue weighted by atomic mass is 10.0. The Morgan fingerprint density at radius 3 is 2.22 bits per heavy atom. The molecule has 4 aromatic rings. The van der Waals surface area contributed by atoms with Crippen molar-refractivity contribution in [2.45, 2.75) is 25.4 Å². The largest absolute Gasteiger partial charge is 0.332 e. The van der Waals surface area contributed by atoms with Crippen LogP contribution in [0.3, 0.4) is 0 Å². The van der Waals surface area contributed by atoms with Crippen molar-refractivity contribution in [2.24, 2.45) is 0 Å².